The normalized spacial score (nSPS) is 13.4. The van der Waals surface area contributed by atoms with Gasteiger partial charge >= 0.3 is 0 Å². The van der Waals surface area contributed by atoms with Crippen LogP contribution in [0.15, 0.2) is 12.3 Å². The van der Waals surface area contributed by atoms with Gasteiger partial charge in [-0.1, -0.05) is 6.92 Å². The second kappa shape index (κ2) is 4.97. The summed E-state index contributed by atoms with van der Waals surface area (Å²) in [5.41, 5.74) is 5.75. The first-order chi connectivity index (χ1) is 9.69. The summed E-state index contributed by atoms with van der Waals surface area (Å²) in [6, 6.07) is 1.87. The number of amides is 1. The van der Waals surface area contributed by atoms with Crippen LogP contribution in [0.3, 0.4) is 0 Å². The molecular weight excluding hydrogens is 258 g/mol. The van der Waals surface area contributed by atoms with E-state index in [-0.39, 0.29) is 5.91 Å². The van der Waals surface area contributed by atoms with Crippen molar-refractivity contribution in [1.29, 1.82) is 0 Å². The number of carbonyl (C=O) groups is 1. The molecule has 2 aromatic rings. The molecule has 0 fully saturated rings. The average Bonchev–Trinajstić information content (AvgIpc) is 3.00. The lowest BCUT2D eigenvalue weighted by Gasteiger charge is -2.16. The Morgan fingerprint density at radius 1 is 1.55 bits per heavy atom. The molecule has 0 saturated carbocycles. The molecule has 0 unspecified atom stereocenters. The number of aromatic nitrogens is 3. The molecule has 1 aliphatic heterocycles. The summed E-state index contributed by atoms with van der Waals surface area (Å²) in [7, 11) is 0. The fourth-order valence-electron chi connectivity index (χ4n) is 2.21. The van der Waals surface area contributed by atoms with Crippen LogP contribution >= 0.6 is 0 Å². The van der Waals surface area contributed by atoms with Gasteiger partial charge in [-0.15, -0.1) is 0 Å². The third-order valence-electron chi connectivity index (χ3n) is 3.08. The van der Waals surface area contributed by atoms with E-state index >= 15 is 0 Å². The van der Waals surface area contributed by atoms with Gasteiger partial charge in [0.25, 0.3) is 0 Å². The Kier molecular flexibility index (Phi) is 3.15. The summed E-state index contributed by atoms with van der Waals surface area (Å²) >= 11 is 0. The van der Waals surface area contributed by atoms with E-state index in [0.29, 0.717) is 13.2 Å². The van der Waals surface area contributed by atoms with Crippen molar-refractivity contribution in [2.45, 2.75) is 20.4 Å². The summed E-state index contributed by atoms with van der Waals surface area (Å²) in [6.45, 7) is 5.45. The Labute approximate surface area is 116 Å². The number of hydrogen-bond acceptors (Lipinski definition) is 6. The molecule has 0 radical (unpaired) electrons. The molecule has 3 rings (SSSR count). The van der Waals surface area contributed by atoms with Gasteiger partial charge in [-0.2, -0.15) is 9.61 Å². The minimum Gasteiger partial charge on any atom is -0.351 e. The molecule has 0 saturated heterocycles. The largest absolute Gasteiger partial charge is 0.351 e. The van der Waals surface area contributed by atoms with Crippen LogP contribution in [0.25, 0.3) is 5.65 Å². The van der Waals surface area contributed by atoms with Crippen molar-refractivity contribution >= 4 is 23.1 Å². The third-order valence-corrected chi connectivity index (χ3v) is 3.08. The van der Waals surface area contributed by atoms with Gasteiger partial charge in [-0.3, -0.25) is 9.80 Å². The Balaban J connectivity index is 1.93. The monoisotopic (exact) mass is 275 g/mol. The molecule has 8 nitrogen and oxygen atoms in total. The highest BCUT2D eigenvalue weighted by atomic mass is 16.1. The van der Waals surface area contributed by atoms with Gasteiger partial charge in [0.1, 0.15) is 12.4 Å². The summed E-state index contributed by atoms with van der Waals surface area (Å²) < 4.78 is 1.77. The predicted octanol–water partition coefficient (Wildman–Crippen LogP) is 0.0793. The zero-order valence-electron chi connectivity index (χ0n) is 11.5. The Hall–Kier alpha value is -2.35. The average molecular weight is 275 g/mol. The fraction of sp³-hybridized carbons (Fsp3) is 0.417. The van der Waals surface area contributed by atoms with E-state index in [2.05, 4.69) is 26.1 Å². The maximum atomic E-state index is 10.9. The smallest absolute Gasteiger partial charge is 0.217 e. The van der Waals surface area contributed by atoms with Gasteiger partial charge in [0.05, 0.1) is 18.4 Å². The molecule has 0 aliphatic carbocycles. The van der Waals surface area contributed by atoms with E-state index in [1.165, 1.54) is 6.92 Å². The fourth-order valence-corrected chi connectivity index (χ4v) is 2.21. The minimum absolute atomic E-state index is 0.0725. The first-order valence-electron chi connectivity index (χ1n) is 6.56. The molecule has 3 heterocycles. The van der Waals surface area contributed by atoms with E-state index < -0.39 is 0 Å². The highest BCUT2D eigenvalue weighted by molar-refractivity contribution is 5.73. The number of hydrogen-bond donors (Lipinski definition) is 3. The van der Waals surface area contributed by atoms with Crippen LogP contribution in [0.5, 0.6) is 0 Å². The SMILES string of the molecule is CCNN1CNc2c1cnc1cc(CNC(C)=O)nn21. The lowest BCUT2D eigenvalue weighted by molar-refractivity contribution is -0.119. The highest BCUT2D eigenvalue weighted by Crippen LogP contribution is 2.29. The van der Waals surface area contributed by atoms with E-state index in [1.54, 1.807) is 4.52 Å². The second-order valence-corrected chi connectivity index (χ2v) is 4.58. The number of rotatable bonds is 4. The van der Waals surface area contributed by atoms with Crippen molar-refractivity contribution in [3.8, 4) is 0 Å². The number of nitrogens with zero attached hydrogens (tertiary/aromatic N) is 4. The lowest BCUT2D eigenvalue weighted by atomic mass is 10.4. The van der Waals surface area contributed by atoms with E-state index in [9.17, 15) is 4.79 Å². The van der Waals surface area contributed by atoms with Crippen LogP contribution in [-0.4, -0.2) is 33.7 Å². The molecule has 0 bridgehead atoms. The van der Waals surface area contributed by atoms with Crippen LogP contribution in [0.2, 0.25) is 0 Å². The predicted molar refractivity (Wildman–Crippen MR) is 75.2 cm³/mol. The topological polar surface area (TPSA) is 86.6 Å². The van der Waals surface area contributed by atoms with E-state index in [4.69, 9.17) is 0 Å². The van der Waals surface area contributed by atoms with Crippen molar-refractivity contribution < 1.29 is 4.79 Å². The van der Waals surface area contributed by atoms with Gasteiger partial charge in [-0.25, -0.2) is 10.4 Å². The quantitative estimate of drug-likeness (QED) is 0.732. The molecule has 0 atom stereocenters. The number of fused-ring (bicyclic) bond motifs is 3. The van der Waals surface area contributed by atoms with Crippen LogP contribution < -0.4 is 21.1 Å². The first-order valence-corrected chi connectivity index (χ1v) is 6.56. The Morgan fingerprint density at radius 2 is 2.40 bits per heavy atom. The van der Waals surface area contributed by atoms with Crippen LogP contribution in [-0.2, 0) is 11.3 Å². The van der Waals surface area contributed by atoms with Gasteiger partial charge in [0.2, 0.25) is 5.91 Å². The van der Waals surface area contributed by atoms with Gasteiger partial charge in [0.15, 0.2) is 11.5 Å². The van der Waals surface area contributed by atoms with Crippen molar-refractivity contribution in [3.63, 3.8) is 0 Å². The Morgan fingerprint density at radius 3 is 3.15 bits per heavy atom. The summed E-state index contributed by atoms with van der Waals surface area (Å²) in [5, 5.41) is 12.5. The molecule has 0 aromatic carbocycles. The Bertz CT molecular complexity index is 651. The lowest BCUT2D eigenvalue weighted by Crippen LogP contribution is -2.37. The number of anilines is 2. The molecule has 1 aliphatic rings. The second-order valence-electron chi connectivity index (χ2n) is 4.58. The van der Waals surface area contributed by atoms with Gasteiger partial charge in [-0.05, 0) is 0 Å². The van der Waals surface area contributed by atoms with Gasteiger partial charge < -0.3 is 10.6 Å². The summed E-state index contributed by atoms with van der Waals surface area (Å²) in [5.74, 6) is 0.835. The number of carbonyl (C=O) groups excluding carboxylic acids is 1. The zero-order valence-corrected chi connectivity index (χ0v) is 11.5. The van der Waals surface area contributed by atoms with Crippen molar-refractivity contribution in [1.82, 2.24) is 25.3 Å². The highest BCUT2D eigenvalue weighted by Gasteiger charge is 2.22. The molecule has 2 aromatic heterocycles. The molecule has 106 valence electrons. The van der Waals surface area contributed by atoms with Crippen molar-refractivity contribution in [3.05, 3.63) is 18.0 Å². The minimum atomic E-state index is -0.0725. The zero-order chi connectivity index (χ0) is 14.1. The molecule has 0 spiro atoms. The molecule has 1 amide bonds. The maximum Gasteiger partial charge on any atom is 0.217 e. The van der Waals surface area contributed by atoms with Crippen molar-refractivity contribution in [2.24, 2.45) is 0 Å². The summed E-state index contributed by atoms with van der Waals surface area (Å²) in [4.78, 5) is 15.3. The van der Waals surface area contributed by atoms with Crippen LogP contribution in [0.1, 0.15) is 19.5 Å². The number of nitrogens with one attached hydrogen (secondary N) is 3. The van der Waals surface area contributed by atoms with E-state index in [1.807, 2.05) is 24.2 Å². The maximum absolute atomic E-state index is 10.9. The van der Waals surface area contributed by atoms with E-state index in [0.717, 1.165) is 29.4 Å². The molecular formula is C12H17N7O. The molecule has 3 N–H and O–H groups in total. The molecule has 8 heteroatoms. The van der Waals surface area contributed by atoms with Crippen LogP contribution in [0.4, 0.5) is 11.5 Å². The summed E-state index contributed by atoms with van der Waals surface area (Å²) in [6.07, 6.45) is 1.82. The van der Waals surface area contributed by atoms with Crippen LogP contribution in [0, 0.1) is 0 Å². The third kappa shape index (κ3) is 2.14. The first kappa shape index (κ1) is 12.7. The van der Waals surface area contributed by atoms with Crippen molar-refractivity contribution in [2.75, 3.05) is 23.5 Å². The molecule has 20 heavy (non-hydrogen) atoms. The van der Waals surface area contributed by atoms with Gasteiger partial charge in [0, 0.05) is 19.5 Å². The number of hydrazine groups is 1. The standard InChI is InChI=1S/C12H17N7O/c1-3-16-18-7-15-12-10(18)6-14-11-4-9(17-19(11)12)5-13-8(2)20/h4,6,15-16H,3,5,7H2,1-2H3,(H,13,20).